The Hall–Kier alpha value is -1.89. The van der Waals surface area contributed by atoms with E-state index in [0.29, 0.717) is 6.61 Å². The lowest BCUT2D eigenvalue weighted by molar-refractivity contribution is -0.142. The van der Waals surface area contributed by atoms with Crippen LogP contribution in [0.25, 0.3) is 0 Å². The Bertz CT molecular complexity index is 579. The van der Waals surface area contributed by atoms with Crippen LogP contribution in [0.4, 0.5) is 5.13 Å². The lowest BCUT2D eigenvalue weighted by Crippen LogP contribution is -2.08. The van der Waals surface area contributed by atoms with Crippen LogP contribution in [0.3, 0.4) is 0 Å². The van der Waals surface area contributed by atoms with Gasteiger partial charge in [0.25, 0.3) is 0 Å². The summed E-state index contributed by atoms with van der Waals surface area (Å²) in [6.07, 6.45) is 4.10. The molecule has 0 saturated carbocycles. The molecule has 2 N–H and O–H groups in total. The molecule has 0 spiro atoms. The van der Waals surface area contributed by atoms with Gasteiger partial charge in [0.05, 0.1) is 24.9 Å². The summed E-state index contributed by atoms with van der Waals surface area (Å²) in [5.74, 6) is -0.232. The Balaban J connectivity index is 1.70. The van der Waals surface area contributed by atoms with Crippen molar-refractivity contribution in [1.82, 2.24) is 15.2 Å². The van der Waals surface area contributed by atoms with E-state index >= 15 is 0 Å². The summed E-state index contributed by atoms with van der Waals surface area (Å²) < 4.78 is 4.90. The van der Waals surface area contributed by atoms with E-state index in [4.69, 9.17) is 4.74 Å². The molecule has 0 aromatic carbocycles. The molecule has 0 amide bonds. The minimum absolute atomic E-state index is 0.232. The number of nitrogens with one attached hydrogen (secondary N) is 2. The number of rotatable bonds is 8. The molecule has 21 heavy (non-hydrogen) atoms. The first-order valence-corrected chi connectivity index (χ1v) is 7.89. The molecule has 0 aliphatic heterocycles. The third-order valence-corrected chi connectivity index (χ3v) is 3.86. The van der Waals surface area contributed by atoms with Crippen molar-refractivity contribution in [3.8, 4) is 0 Å². The molecule has 0 unspecified atom stereocenters. The van der Waals surface area contributed by atoms with E-state index < -0.39 is 0 Å². The van der Waals surface area contributed by atoms with Gasteiger partial charge in [0.15, 0.2) is 5.13 Å². The molecular formula is C14H20N4O2S. The molecule has 0 atom stereocenters. The number of anilines is 1. The summed E-state index contributed by atoms with van der Waals surface area (Å²) in [5.41, 5.74) is 3.13. The lowest BCUT2D eigenvalue weighted by Gasteiger charge is -2.02. The molecule has 0 bridgehead atoms. The molecule has 2 heterocycles. The largest absolute Gasteiger partial charge is 0.466 e. The molecule has 0 aliphatic carbocycles. The first kappa shape index (κ1) is 15.5. The number of carbonyl (C=O) groups is 1. The molecule has 114 valence electrons. The molecule has 6 nitrogen and oxygen atoms in total. The maximum Gasteiger partial charge on any atom is 0.311 e. The second kappa shape index (κ2) is 7.78. The fourth-order valence-corrected chi connectivity index (χ4v) is 2.67. The molecular weight excluding hydrogens is 288 g/mol. The van der Waals surface area contributed by atoms with Gasteiger partial charge < -0.3 is 10.1 Å². The number of carbonyl (C=O) groups excluding carboxylic acids is 1. The molecule has 7 heteroatoms. The van der Waals surface area contributed by atoms with Crippen LogP contribution in [0, 0.1) is 6.92 Å². The molecule has 0 aliphatic rings. The summed E-state index contributed by atoms with van der Waals surface area (Å²) in [4.78, 5) is 15.7. The number of nitrogens with zero attached hydrogens (tertiary/aromatic N) is 2. The Morgan fingerprint density at radius 2 is 2.38 bits per heavy atom. The molecule has 2 rings (SSSR count). The number of ether oxygens (including phenoxy) is 1. The van der Waals surface area contributed by atoms with Crippen LogP contribution >= 0.6 is 11.3 Å². The Labute approximate surface area is 127 Å². The van der Waals surface area contributed by atoms with Crippen molar-refractivity contribution in [2.45, 2.75) is 33.1 Å². The second-order valence-electron chi connectivity index (χ2n) is 4.68. The van der Waals surface area contributed by atoms with Crippen LogP contribution in [-0.2, 0) is 22.4 Å². The van der Waals surface area contributed by atoms with Crippen molar-refractivity contribution < 1.29 is 9.53 Å². The van der Waals surface area contributed by atoms with Crippen LogP contribution in [-0.4, -0.2) is 34.3 Å². The molecule has 0 radical (unpaired) electrons. The van der Waals surface area contributed by atoms with Gasteiger partial charge in [-0.15, -0.1) is 11.3 Å². The monoisotopic (exact) mass is 308 g/mol. The van der Waals surface area contributed by atoms with Crippen molar-refractivity contribution in [2.75, 3.05) is 18.5 Å². The molecule has 2 aromatic heterocycles. The van der Waals surface area contributed by atoms with Crippen molar-refractivity contribution >= 4 is 22.4 Å². The Kier molecular flexibility index (Phi) is 5.74. The smallest absolute Gasteiger partial charge is 0.311 e. The highest BCUT2D eigenvalue weighted by Gasteiger charge is 2.08. The minimum Gasteiger partial charge on any atom is -0.466 e. The predicted octanol–water partition coefficient (Wildman–Crippen LogP) is 2.32. The fraction of sp³-hybridized carbons (Fsp3) is 0.500. The van der Waals surface area contributed by atoms with E-state index in [1.807, 2.05) is 18.5 Å². The highest BCUT2D eigenvalue weighted by Crippen LogP contribution is 2.16. The van der Waals surface area contributed by atoms with Crippen LogP contribution in [0.15, 0.2) is 11.6 Å². The van der Waals surface area contributed by atoms with E-state index in [9.17, 15) is 4.79 Å². The van der Waals surface area contributed by atoms with Crippen molar-refractivity contribution in [2.24, 2.45) is 0 Å². The van der Waals surface area contributed by atoms with E-state index in [0.717, 1.165) is 35.9 Å². The van der Waals surface area contributed by atoms with E-state index in [1.54, 1.807) is 6.92 Å². The van der Waals surface area contributed by atoms with Gasteiger partial charge in [0, 0.05) is 17.6 Å². The molecule has 0 saturated heterocycles. The maximum absolute atomic E-state index is 11.4. The number of esters is 1. The molecule has 2 aromatic rings. The van der Waals surface area contributed by atoms with E-state index in [2.05, 4.69) is 20.5 Å². The number of hydrogen-bond donors (Lipinski definition) is 2. The topological polar surface area (TPSA) is 79.9 Å². The third-order valence-electron chi connectivity index (χ3n) is 3.02. The van der Waals surface area contributed by atoms with Crippen molar-refractivity contribution in [3.63, 3.8) is 0 Å². The number of aromatic nitrogens is 3. The van der Waals surface area contributed by atoms with Crippen LogP contribution in [0.2, 0.25) is 0 Å². The van der Waals surface area contributed by atoms with Gasteiger partial charge in [-0.25, -0.2) is 4.98 Å². The van der Waals surface area contributed by atoms with E-state index in [-0.39, 0.29) is 12.4 Å². The number of thiazole rings is 1. The number of aromatic amines is 1. The number of H-pyrrole nitrogens is 1. The van der Waals surface area contributed by atoms with Gasteiger partial charge in [-0.3, -0.25) is 9.89 Å². The summed E-state index contributed by atoms with van der Waals surface area (Å²) in [7, 11) is 0. The highest BCUT2D eigenvalue weighted by molar-refractivity contribution is 7.13. The van der Waals surface area contributed by atoms with Gasteiger partial charge in [-0.2, -0.15) is 5.10 Å². The van der Waals surface area contributed by atoms with Crippen LogP contribution < -0.4 is 5.32 Å². The third kappa shape index (κ3) is 4.86. The van der Waals surface area contributed by atoms with Gasteiger partial charge in [0.1, 0.15) is 0 Å². The zero-order chi connectivity index (χ0) is 15.1. The van der Waals surface area contributed by atoms with Gasteiger partial charge in [-0.05, 0) is 32.3 Å². The summed E-state index contributed by atoms with van der Waals surface area (Å²) in [5, 5.41) is 13.0. The molecule has 0 fully saturated rings. The average molecular weight is 308 g/mol. The average Bonchev–Trinajstić information content (AvgIpc) is 3.05. The zero-order valence-corrected chi connectivity index (χ0v) is 13.1. The first-order chi connectivity index (χ1) is 10.2. The SMILES string of the molecule is CCOC(=O)Cc1csc(NCCCc2cn[nH]c2C)n1. The quantitative estimate of drug-likeness (QED) is 0.578. The maximum atomic E-state index is 11.4. The summed E-state index contributed by atoms with van der Waals surface area (Å²) in [6.45, 7) is 5.07. The van der Waals surface area contributed by atoms with Gasteiger partial charge in [0.2, 0.25) is 0 Å². The second-order valence-corrected chi connectivity index (χ2v) is 5.53. The van der Waals surface area contributed by atoms with Crippen molar-refractivity contribution in [3.05, 3.63) is 28.5 Å². The normalized spacial score (nSPS) is 10.6. The predicted molar refractivity (Wildman–Crippen MR) is 82.6 cm³/mol. The Morgan fingerprint density at radius 3 is 3.10 bits per heavy atom. The first-order valence-electron chi connectivity index (χ1n) is 7.01. The van der Waals surface area contributed by atoms with Crippen molar-refractivity contribution in [1.29, 1.82) is 0 Å². The number of aryl methyl sites for hydroxylation is 2. The lowest BCUT2D eigenvalue weighted by atomic mass is 10.1. The van der Waals surface area contributed by atoms with Gasteiger partial charge >= 0.3 is 5.97 Å². The van der Waals surface area contributed by atoms with Gasteiger partial charge in [-0.1, -0.05) is 0 Å². The summed E-state index contributed by atoms with van der Waals surface area (Å²) in [6, 6.07) is 0. The van der Waals surface area contributed by atoms with E-state index in [1.165, 1.54) is 16.9 Å². The number of hydrogen-bond acceptors (Lipinski definition) is 6. The summed E-state index contributed by atoms with van der Waals surface area (Å²) >= 11 is 1.51. The van der Waals surface area contributed by atoms with Crippen LogP contribution in [0.1, 0.15) is 30.3 Å². The zero-order valence-electron chi connectivity index (χ0n) is 12.3. The highest BCUT2D eigenvalue weighted by atomic mass is 32.1. The minimum atomic E-state index is -0.232. The fourth-order valence-electron chi connectivity index (χ4n) is 1.93. The van der Waals surface area contributed by atoms with Crippen LogP contribution in [0.5, 0.6) is 0 Å². The standard InChI is InChI=1S/C14H20N4O2S/c1-3-20-13(19)7-12-9-21-14(17-12)15-6-4-5-11-8-16-18-10(11)2/h8-9H,3-7H2,1-2H3,(H,15,17)(H,16,18). The Morgan fingerprint density at radius 1 is 1.52 bits per heavy atom.